The van der Waals surface area contributed by atoms with Crippen LogP contribution in [0.1, 0.15) is 12.8 Å². The molecule has 0 saturated heterocycles. The lowest BCUT2D eigenvalue weighted by Crippen LogP contribution is -2.30. The van der Waals surface area contributed by atoms with Gasteiger partial charge in [-0.1, -0.05) is 0 Å². The van der Waals surface area contributed by atoms with Gasteiger partial charge in [-0.2, -0.15) is 4.39 Å². The molecule has 0 heterocycles. The van der Waals surface area contributed by atoms with Gasteiger partial charge in [0.25, 0.3) is 0 Å². The summed E-state index contributed by atoms with van der Waals surface area (Å²) >= 11 is 0. The highest BCUT2D eigenvalue weighted by atomic mass is 19.2. The molecule has 3 N–H and O–H groups in total. The van der Waals surface area contributed by atoms with Crippen molar-refractivity contribution in [2.75, 3.05) is 5.32 Å². The highest BCUT2D eigenvalue weighted by molar-refractivity contribution is 5.89. The Morgan fingerprint density at radius 3 is 2.53 bits per heavy atom. The zero-order valence-corrected chi connectivity index (χ0v) is 8.56. The van der Waals surface area contributed by atoms with E-state index >= 15 is 0 Å². The standard InChI is InChI=1S/C10H9F3N2O2/c11-5-3-6(7(12)8(13)9(5)16)15-10(17)14-4-1-2-4/h3-4,16H,1-2H2,(H2,14,15,17). The van der Waals surface area contributed by atoms with Gasteiger partial charge in [0.1, 0.15) is 0 Å². The lowest BCUT2D eigenvalue weighted by molar-refractivity contribution is 0.251. The Bertz CT molecular complexity index is 475. The minimum atomic E-state index is -1.73. The van der Waals surface area contributed by atoms with Gasteiger partial charge in [0.05, 0.1) is 5.69 Å². The first-order valence-electron chi connectivity index (χ1n) is 4.93. The van der Waals surface area contributed by atoms with Crippen molar-refractivity contribution < 1.29 is 23.1 Å². The van der Waals surface area contributed by atoms with Crippen LogP contribution in [-0.4, -0.2) is 17.2 Å². The maximum absolute atomic E-state index is 13.2. The van der Waals surface area contributed by atoms with Crippen LogP contribution in [-0.2, 0) is 0 Å². The molecule has 0 unspecified atom stereocenters. The number of hydrogen-bond acceptors (Lipinski definition) is 2. The number of benzene rings is 1. The van der Waals surface area contributed by atoms with Crippen LogP contribution >= 0.6 is 0 Å². The molecule has 0 bridgehead atoms. The number of anilines is 1. The molecule has 0 aromatic heterocycles. The molecule has 2 rings (SSSR count). The number of carbonyl (C=O) groups is 1. The summed E-state index contributed by atoms with van der Waals surface area (Å²) in [5, 5.41) is 13.2. The molecule has 4 nitrogen and oxygen atoms in total. The fourth-order valence-corrected chi connectivity index (χ4v) is 1.25. The van der Waals surface area contributed by atoms with E-state index in [9.17, 15) is 18.0 Å². The Kier molecular flexibility index (Phi) is 2.83. The first-order valence-corrected chi connectivity index (χ1v) is 4.93. The number of rotatable bonds is 2. The maximum Gasteiger partial charge on any atom is 0.319 e. The van der Waals surface area contributed by atoms with E-state index in [-0.39, 0.29) is 6.04 Å². The molecule has 92 valence electrons. The molecule has 1 saturated carbocycles. The third kappa shape index (κ3) is 2.43. The smallest absolute Gasteiger partial charge is 0.319 e. The van der Waals surface area contributed by atoms with Crippen LogP contribution in [0.3, 0.4) is 0 Å². The van der Waals surface area contributed by atoms with Crippen molar-refractivity contribution >= 4 is 11.7 Å². The van der Waals surface area contributed by atoms with Crippen molar-refractivity contribution in [2.45, 2.75) is 18.9 Å². The van der Waals surface area contributed by atoms with Gasteiger partial charge in [0.15, 0.2) is 17.4 Å². The van der Waals surface area contributed by atoms with E-state index in [0.29, 0.717) is 6.07 Å². The summed E-state index contributed by atoms with van der Waals surface area (Å²) in [6.07, 6.45) is 1.66. The second kappa shape index (κ2) is 4.15. The van der Waals surface area contributed by atoms with Crippen molar-refractivity contribution in [1.29, 1.82) is 0 Å². The van der Waals surface area contributed by atoms with Crippen molar-refractivity contribution in [3.63, 3.8) is 0 Å². The first kappa shape index (κ1) is 11.6. The number of amides is 2. The summed E-state index contributed by atoms with van der Waals surface area (Å²) in [6.45, 7) is 0. The number of halogens is 3. The monoisotopic (exact) mass is 246 g/mol. The van der Waals surface area contributed by atoms with Crippen LogP contribution in [0.15, 0.2) is 6.07 Å². The van der Waals surface area contributed by atoms with Gasteiger partial charge < -0.3 is 15.7 Å². The summed E-state index contributed by atoms with van der Waals surface area (Å²) < 4.78 is 39.1. The van der Waals surface area contributed by atoms with Crippen LogP contribution in [0.25, 0.3) is 0 Å². The molecular weight excluding hydrogens is 237 g/mol. The molecule has 1 fully saturated rings. The number of carbonyl (C=O) groups excluding carboxylic acids is 1. The minimum absolute atomic E-state index is 0.0323. The van der Waals surface area contributed by atoms with Gasteiger partial charge in [-0.3, -0.25) is 0 Å². The minimum Gasteiger partial charge on any atom is -0.503 e. The predicted molar refractivity (Wildman–Crippen MR) is 53.2 cm³/mol. The molecule has 1 aromatic carbocycles. The van der Waals surface area contributed by atoms with Crippen molar-refractivity contribution in [3.8, 4) is 5.75 Å². The molecule has 0 aliphatic heterocycles. The summed E-state index contributed by atoms with van der Waals surface area (Å²) in [7, 11) is 0. The van der Waals surface area contributed by atoms with E-state index in [4.69, 9.17) is 5.11 Å². The summed E-state index contributed by atoms with van der Waals surface area (Å²) in [4.78, 5) is 11.2. The molecular formula is C10H9F3N2O2. The Morgan fingerprint density at radius 1 is 1.29 bits per heavy atom. The number of phenols is 1. The van der Waals surface area contributed by atoms with E-state index in [1.165, 1.54) is 0 Å². The van der Waals surface area contributed by atoms with Crippen LogP contribution < -0.4 is 10.6 Å². The van der Waals surface area contributed by atoms with Crippen LogP contribution in [0.4, 0.5) is 23.7 Å². The quantitative estimate of drug-likeness (QED) is 0.552. The van der Waals surface area contributed by atoms with Gasteiger partial charge >= 0.3 is 6.03 Å². The summed E-state index contributed by atoms with van der Waals surface area (Å²) in [5.41, 5.74) is -0.657. The lowest BCUT2D eigenvalue weighted by atomic mass is 10.2. The molecule has 0 spiro atoms. The predicted octanol–water partition coefficient (Wildman–Crippen LogP) is 2.09. The Hall–Kier alpha value is -1.92. The van der Waals surface area contributed by atoms with E-state index in [1.54, 1.807) is 0 Å². The topological polar surface area (TPSA) is 61.4 Å². The average Bonchev–Trinajstić information content (AvgIpc) is 3.06. The molecule has 1 aromatic rings. The fraction of sp³-hybridized carbons (Fsp3) is 0.300. The fourth-order valence-electron chi connectivity index (χ4n) is 1.25. The third-order valence-electron chi connectivity index (χ3n) is 2.30. The van der Waals surface area contributed by atoms with Crippen molar-refractivity contribution in [2.24, 2.45) is 0 Å². The van der Waals surface area contributed by atoms with Crippen LogP contribution in [0, 0.1) is 17.5 Å². The Balaban J connectivity index is 2.17. The molecule has 0 atom stereocenters. The van der Waals surface area contributed by atoms with Gasteiger partial charge in [-0.05, 0) is 12.8 Å². The molecule has 2 amide bonds. The highest BCUT2D eigenvalue weighted by Crippen LogP contribution is 2.28. The molecule has 17 heavy (non-hydrogen) atoms. The number of urea groups is 1. The van der Waals surface area contributed by atoms with Gasteiger partial charge in [0.2, 0.25) is 5.82 Å². The van der Waals surface area contributed by atoms with E-state index in [1.807, 2.05) is 5.32 Å². The van der Waals surface area contributed by atoms with E-state index in [0.717, 1.165) is 12.8 Å². The lowest BCUT2D eigenvalue weighted by Gasteiger charge is -2.09. The van der Waals surface area contributed by atoms with Crippen LogP contribution in [0.5, 0.6) is 5.75 Å². The van der Waals surface area contributed by atoms with Crippen molar-refractivity contribution in [3.05, 3.63) is 23.5 Å². The molecule has 7 heteroatoms. The van der Waals surface area contributed by atoms with Gasteiger partial charge in [-0.15, -0.1) is 0 Å². The Morgan fingerprint density at radius 2 is 1.94 bits per heavy atom. The normalized spacial score (nSPS) is 14.5. The molecule has 1 aliphatic carbocycles. The maximum atomic E-state index is 13.2. The van der Waals surface area contributed by atoms with Gasteiger partial charge in [0, 0.05) is 12.1 Å². The van der Waals surface area contributed by atoms with E-state index < -0.39 is 34.9 Å². The van der Waals surface area contributed by atoms with Crippen molar-refractivity contribution in [1.82, 2.24) is 5.32 Å². The summed E-state index contributed by atoms with van der Waals surface area (Å²) in [5.74, 6) is -5.98. The zero-order valence-electron chi connectivity index (χ0n) is 8.56. The van der Waals surface area contributed by atoms with Crippen LogP contribution in [0.2, 0.25) is 0 Å². The largest absolute Gasteiger partial charge is 0.503 e. The molecule has 1 aliphatic rings. The number of aromatic hydroxyl groups is 1. The molecule has 0 radical (unpaired) electrons. The average molecular weight is 246 g/mol. The second-order valence-corrected chi connectivity index (χ2v) is 3.76. The van der Waals surface area contributed by atoms with E-state index in [2.05, 4.69) is 5.32 Å². The second-order valence-electron chi connectivity index (χ2n) is 3.76. The zero-order chi connectivity index (χ0) is 12.6. The highest BCUT2D eigenvalue weighted by Gasteiger charge is 2.24. The number of nitrogens with one attached hydrogen (secondary N) is 2. The number of hydrogen-bond donors (Lipinski definition) is 3. The number of phenolic OH excluding ortho intramolecular Hbond substituents is 1. The summed E-state index contributed by atoms with van der Waals surface area (Å²) in [6, 6.07) is -0.194. The third-order valence-corrected chi connectivity index (χ3v) is 2.30. The van der Waals surface area contributed by atoms with Gasteiger partial charge in [-0.25, -0.2) is 13.6 Å². The SMILES string of the molecule is O=C(Nc1cc(F)c(O)c(F)c1F)NC1CC1. The first-order chi connectivity index (χ1) is 7.99. The Labute approximate surface area is 94.4 Å².